The summed E-state index contributed by atoms with van der Waals surface area (Å²) >= 11 is 0. The first kappa shape index (κ1) is 27.5. The fourth-order valence-corrected chi connectivity index (χ4v) is 5.63. The van der Waals surface area contributed by atoms with Crippen LogP contribution in [0.25, 0.3) is 0 Å². The van der Waals surface area contributed by atoms with Gasteiger partial charge in [-0.15, -0.1) is 0 Å². The Hall–Kier alpha value is -1.74. The summed E-state index contributed by atoms with van der Waals surface area (Å²) in [5, 5.41) is 0. The molecule has 0 spiro atoms. The summed E-state index contributed by atoms with van der Waals surface area (Å²) in [6.07, 6.45) is 0. The van der Waals surface area contributed by atoms with Crippen LogP contribution in [0.15, 0.2) is 36.4 Å². The van der Waals surface area contributed by atoms with Crippen molar-refractivity contribution in [1.82, 2.24) is 0 Å². The van der Waals surface area contributed by atoms with Gasteiger partial charge in [0.2, 0.25) is 0 Å². The number of hydrogen-bond acceptors (Lipinski definition) is 2. The molecule has 2 rings (SSSR count). The van der Waals surface area contributed by atoms with Gasteiger partial charge in [-0.25, -0.2) is 0 Å². The topological polar surface area (TPSA) is 18.5 Å². The summed E-state index contributed by atoms with van der Waals surface area (Å²) in [6.45, 7) is 31.4. The minimum Gasteiger partial charge on any atom is -0.512 e. The normalized spacial score (nSPS) is 13.8. The summed E-state index contributed by atoms with van der Waals surface area (Å²) in [4.78, 5) is 0. The van der Waals surface area contributed by atoms with Crippen LogP contribution in [0.3, 0.4) is 0 Å². The van der Waals surface area contributed by atoms with Crippen LogP contribution >= 0.6 is 0 Å². The number of benzene rings is 2. The Bertz CT molecular complexity index is 830. The van der Waals surface area contributed by atoms with Gasteiger partial charge in [-0.2, -0.15) is 0 Å². The van der Waals surface area contributed by atoms with Crippen LogP contribution in [0.5, 0.6) is 11.5 Å². The molecule has 0 saturated carbocycles. The lowest BCUT2D eigenvalue weighted by molar-refractivity contribution is 0.368. The smallest absolute Gasteiger partial charge is 0.454 e. The lowest BCUT2D eigenvalue weighted by Gasteiger charge is -2.36. The van der Waals surface area contributed by atoms with Crippen LogP contribution in [0, 0.1) is 0 Å². The summed E-state index contributed by atoms with van der Waals surface area (Å²) in [5.74, 6) is 2.00. The summed E-state index contributed by atoms with van der Waals surface area (Å²) < 4.78 is 13.9. The highest BCUT2D eigenvalue weighted by Gasteiger charge is 2.37. The molecule has 2 nitrogen and oxygen atoms in total. The predicted molar refractivity (Wildman–Crippen MR) is 146 cm³/mol. The standard InChI is InChI=1S/C30H48O2Si/c1-27(2,3)21-17-15-18-22(28(4,5)6)25(21)31-33(13,14)32-26-23(29(7,8)9)19-16-20-24(26)30(10,11)12/h15-20H,1-14H3. The van der Waals surface area contributed by atoms with Gasteiger partial charge in [-0.3, -0.25) is 0 Å². The molecule has 0 radical (unpaired) electrons. The summed E-state index contributed by atoms with van der Waals surface area (Å²) in [6, 6.07) is 13.2. The van der Waals surface area contributed by atoms with Crippen LogP contribution < -0.4 is 8.85 Å². The second-order valence-electron chi connectivity index (χ2n) is 14.0. The van der Waals surface area contributed by atoms with Crippen molar-refractivity contribution in [2.24, 2.45) is 0 Å². The van der Waals surface area contributed by atoms with E-state index in [1.165, 1.54) is 22.3 Å². The Balaban J connectivity index is 2.67. The fourth-order valence-electron chi connectivity index (χ4n) is 4.17. The monoisotopic (exact) mass is 468 g/mol. The molecule has 0 aliphatic heterocycles. The highest BCUT2D eigenvalue weighted by molar-refractivity contribution is 6.66. The Morgan fingerprint density at radius 2 is 0.667 bits per heavy atom. The fraction of sp³-hybridized carbons (Fsp3) is 0.600. The van der Waals surface area contributed by atoms with Crippen molar-refractivity contribution < 1.29 is 8.85 Å². The highest BCUT2D eigenvalue weighted by atomic mass is 28.4. The van der Waals surface area contributed by atoms with E-state index >= 15 is 0 Å². The van der Waals surface area contributed by atoms with Crippen molar-refractivity contribution in [1.29, 1.82) is 0 Å². The molecule has 0 saturated heterocycles. The molecule has 0 heterocycles. The number of rotatable bonds is 4. The van der Waals surface area contributed by atoms with Gasteiger partial charge in [-0.05, 0) is 43.9 Å². The summed E-state index contributed by atoms with van der Waals surface area (Å²) in [5.41, 5.74) is 4.83. The quantitative estimate of drug-likeness (QED) is 0.417. The molecular formula is C30H48O2Si. The molecule has 0 N–H and O–H groups in total. The molecule has 2 aromatic carbocycles. The van der Waals surface area contributed by atoms with E-state index in [1.807, 2.05) is 0 Å². The van der Waals surface area contributed by atoms with E-state index in [1.54, 1.807) is 0 Å². The number of para-hydroxylation sites is 2. The Morgan fingerprint density at radius 3 is 0.848 bits per heavy atom. The van der Waals surface area contributed by atoms with E-state index in [4.69, 9.17) is 8.85 Å². The zero-order chi connectivity index (χ0) is 25.6. The van der Waals surface area contributed by atoms with Gasteiger partial charge in [0.05, 0.1) is 0 Å². The third-order valence-corrected chi connectivity index (χ3v) is 7.35. The first-order chi connectivity index (χ1) is 14.6. The van der Waals surface area contributed by atoms with E-state index in [0.29, 0.717) is 0 Å². The maximum atomic E-state index is 6.97. The maximum absolute atomic E-state index is 6.97. The van der Waals surface area contributed by atoms with Crippen LogP contribution in [-0.4, -0.2) is 8.56 Å². The summed E-state index contributed by atoms with van der Waals surface area (Å²) in [7, 11) is -2.63. The second kappa shape index (κ2) is 8.80. The molecule has 0 atom stereocenters. The largest absolute Gasteiger partial charge is 0.512 e. The van der Waals surface area contributed by atoms with E-state index in [0.717, 1.165) is 11.5 Å². The second-order valence-corrected chi connectivity index (χ2v) is 17.2. The van der Waals surface area contributed by atoms with Crippen molar-refractivity contribution in [2.45, 2.75) is 118 Å². The molecule has 0 amide bonds. The van der Waals surface area contributed by atoms with Gasteiger partial charge in [0.1, 0.15) is 11.5 Å². The minimum atomic E-state index is -2.63. The molecule has 33 heavy (non-hydrogen) atoms. The molecule has 0 aliphatic rings. The number of hydrogen-bond donors (Lipinski definition) is 0. The SMILES string of the molecule is CC(C)(C)c1cccc(C(C)(C)C)c1O[Si](C)(C)Oc1c(C(C)(C)C)cccc1C(C)(C)C. The van der Waals surface area contributed by atoms with Crippen molar-refractivity contribution in [3.05, 3.63) is 58.7 Å². The molecular weight excluding hydrogens is 420 g/mol. The molecule has 0 bridgehead atoms. The van der Waals surface area contributed by atoms with E-state index in [2.05, 4.69) is 133 Å². The van der Waals surface area contributed by atoms with E-state index in [9.17, 15) is 0 Å². The van der Waals surface area contributed by atoms with E-state index < -0.39 is 8.56 Å². The van der Waals surface area contributed by atoms with Crippen LogP contribution in [0.2, 0.25) is 13.1 Å². The Labute approximate surface area is 205 Å². The average molecular weight is 469 g/mol. The molecule has 0 aliphatic carbocycles. The molecule has 0 unspecified atom stereocenters. The van der Waals surface area contributed by atoms with Gasteiger partial charge >= 0.3 is 8.56 Å². The molecule has 0 fully saturated rings. The van der Waals surface area contributed by atoms with Gasteiger partial charge in [0, 0.05) is 13.1 Å². The van der Waals surface area contributed by atoms with Crippen molar-refractivity contribution in [3.63, 3.8) is 0 Å². The van der Waals surface area contributed by atoms with Crippen molar-refractivity contribution >= 4 is 8.56 Å². The third kappa shape index (κ3) is 6.65. The van der Waals surface area contributed by atoms with Crippen molar-refractivity contribution in [3.8, 4) is 11.5 Å². The lowest BCUT2D eigenvalue weighted by Crippen LogP contribution is -2.44. The van der Waals surface area contributed by atoms with Crippen molar-refractivity contribution in [2.75, 3.05) is 0 Å². The van der Waals surface area contributed by atoms with E-state index in [-0.39, 0.29) is 21.7 Å². The van der Waals surface area contributed by atoms with Crippen LogP contribution in [-0.2, 0) is 21.7 Å². The highest BCUT2D eigenvalue weighted by Crippen LogP contribution is 2.43. The first-order valence-electron chi connectivity index (χ1n) is 12.3. The maximum Gasteiger partial charge on any atom is 0.454 e. The first-order valence-corrected chi connectivity index (χ1v) is 15.1. The van der Waals surface area contributed by atoms with Crippen LogP contribution in [0.4, 0.5) is 0 Å². The van der Waals surface area contributed by atoms with Gasteiger partial charge in [-0.1, -0.05) is 119 Å². The Kier molecular flexibility index (Phi) is 7.33. The Morgan fingerprint density at radius 1 is 0.455 bits per heavy atom. The zero-order valence-electron chi connectivity index (χ0n) is 23.8. The lowest BCUT2D eigenvalue weighted by atomic mass is 9.79. The molecule has 2 aromatic rings. The average Bonchev–Trinajstić information content (AvgIpc) is 2.57. The minimum absolute atomic E-state index is 0.0268. The predicted octanol–water partition coefficient (Wildman–Crippen LogP) is 9.04. The van der Waals surface area contributed by atoms with Crippen LogP contribution in [0.1, 0.15) is 105 Å². The molecule has 0 aromatic heterocycles. The van der Waals surface area contributed by atoms with Gasteiger partial charge in [0.25, 0.3) is 0 Å². The van der Waals surface area contributed by atoms with Gasteiger partial charge in [0.15, 0.2) is 0 Å². The third-order valence-electron chi connectivity index (χ3n) is 5.96. The molecule has 3 heteroatoms. The van der Waals surface area contributed by atoms with Gasteiger partial charge < -0.3 is 8.85 Å². The molecule has 184 valence electrons. The zero-order valence-corrected chi connectivity index (χ0v) is 24.8.